The van der Waals surface area contributed by atoms with Crippen LogP contribution in [0.15, 0.2) is 72.8 Å². The van der Waals surface area contributed by atoms with Crippen molar-refractivity contribution >= 4 is 51.6 Å². The van der Waals surface area contributed by atoms with Gasteiger partial charge in [-0.3, -0.25) is 0 Å². The van der Waals surface area contributed by atoms with Gasteiger partial charge in [0.05, 0.1) is 22.8 Å². The minimum atomic E-state index is 0.913. The summed E-state index contributed by atoms with van der Waals surface area (Å²) in [5, 5.41) is 3.18. The zero-order chi connectivity index (χ0) is 21.5. The maximum Gasteiger partial charge on any atom is 0.0736 e. The van der Waals surface area contributed by atoms with Crippen LogP contribution in [0.25, 0.3) is 45.9 Å². The van der Waals surface area contributed by atoms with Crippen molar-refractivity contribution in [1.82, 2.24) is 19.9 Å². The fourth-order valence-corrected chi connectivity index (χ4v) is 4.06. The normalized spacial score (nSPS) is 12.6. The molecule has 5 heteroatoms. The predicted molar refractivity (Wildman–Crippen MR) is 133 cm³/mol. The summed E-state index contributed by atoms with van der Waals surface area (Å²) >= 11 is 0. The van der Waals surface area contributed by atoms with Gasteiger partial charge in [-0.15, -0.1) is 0 Å². The first-order chi connectivity index (χ1) is 15.7. The van der Waals surface area contributed by atoms with E-state index in [2.05, 4.69) is 88.1 Å². The van der Waals surface area contributed by atoms with E-state index in [1.807, 2.05) is 25.3 Å². The van der Waals surface area contributed by atoms with E-state index in [0.29, 0.717) is 0 Å². The molecule has 0 radical (unpaired) electrons. The van der Waals surface area contributed by atoms with Crippen molar-refractivity contribution in [3.63, 3.8) is 0 Å². The fourth-order valence-electron chi connectivity index (χ4n) is 4.06. The Kier molecular flexibility index (Phi) is 4.25. The van der Waals surface area contributed by atoms with Gasteiger partial charge in [0.15, 0.2) is 0 Å². The number of nitrogens with zero attached hydrogens (tertiary/aromatic N) is 2. The Morgan fingerprint density at radius 1 is 0.625 bits per heavy atom. The number of anilines is 1. The first-order valence-corrected chi connectivity index (χ1v) is 10.6. The molecule has 5 nitrogen and oxygen atoms in total. The largest absolute Gasteiger partial charge is 0.388 e. The van der Waals surface area contributed by atoms with Gasteiger partial charge in [-0.05, 0) is 84.5 Å². The fraction of sp³-hybridized carbons (Fsp3) is 0.0370. The number of fused-ring (bicyclic) bond motifs is 8. The number of rotatable bonds is 2. The monoisotopic (exact) mass is 415 g/mol. The summed E-state index contributed by atoms with van der Waals surface area (Å²) in [6.45, 7) is 0. The second kappa shape index (κ2) is 7.39. The third-order valence-corrected chi connectivity index (χ3v) is 5.65. The van der Waals surface area contributed by atoms with Crippen molar-refractivity contribution in [3.05, 3.63) is 101 Å². The van der Waals surface area contributed by atoms with Crippen molar-refractivity contribution in [2.75, 3.05) is 12.4 Å². The smallest absolute Gasteiger partial charge is 0.0736 e. The highest BCUT2D eigenvalue weighted by molar-refractivity contribution is 5.93. The Bertz CT molecular complexity index is 1550. The summed E-state index contributed by atoms with van der Waals surface area (Å²) in [6.07, 6.45) is 6.20. The average molecular weight is 416 g/mol. The molecule has 0 spiro atoms. The van der Waals surface area contributed by atoms with Crippen molar-refractivity contribution in [3.8, 4) is 0 Å². The Morgan fingerprint density at radius 3 is 1.78 bits per heavy atom. The van der Waals surface area contributed by atoms with Gasteiger partial charge >= 0.3 is 0 Å². The molecule has 154 valence electrons. The van der Waals surface area contributed by atoms with Gasteiger partial charge in [0.2, 0.25) is 0 Å². The van der Waals surface area contributed by atoms with Gasteiger partial charge in [0, 0.05) is 40.4 Å². The molecule has 0 aliphatic carbocycles. The van der Waals surface area contributed by atoms with Crippen LogP contribution in [-0.2, 0) is 0 Å². The average Bonchev–Trinajstić information content (AvgIpc) is 3.59. The van der Waals surface area contributed by atoms with E-state index < -0.39 is 0 Å². The molecule has 0 unspecified atom stereocenters. The number of nitrogens with one attached hydrogen (secondary N) is 3. The summed E-state index contributed by atoms with van der Waals surface area (Å²) in [6, 6.07) is 25.0. The van der Waals surface area contributed by atoms with Gasteiger partial charge in [-0.25, -0.2) is 9.97 Å². The third kappa shape index (κ3) is 3.50. The lowest BCUT2D eigenvalue weighted by Gasteiger charge is -2.04. The SMILES string of the molecule is CNc1ccc(C2=Cc3cc4ccc(cc5nc(cc6ccc(cc2n3)[nH]6)C=C5)[nH]4)cc1. The highest BCUT2D eigenvalue weighted by Gasteiger charge is 2.13. The molecule has 0 saturated carbocycles. The Hall–Kier alpha value is -4.38. The second-order valence-electron chi connectivity index (χ2n) is 7.92. The van der Waals surface area contributed by atoms with Crippen molar-refractivity contribution in [2.45, 2.75) is 0 Å². The minimum Gasteiger partial charge on any atom is -0.388 e. The number of benzene rings is 1. The molecule has 0 amide bonds. The van der Waals surface area contributed by atoms with Crippen LogP contribution in [0.5, 0.6) is 0 Å². The van der Waals surface area contributed by atoms with Gasteiger partial charge in [0.25, 0.3) is 0 Å². The summed E-state index contributed by atoms with van der Waals surface area (Å²) in [7, 11) is 1.93. The van der Waals surface area contributed by atoms with E-state index in [-0.39, 0.29) is 0 Å². The van der Waals surface area contributed by atoms with Crippen LogP contribution in [0, 0.1) is 0 Å². The number of hydrogen-bond acceptors (Lipinski definition) is 3. The molecule has 8 bridgehead atoms. The van der Waals surface area contributed by atoms with Crippen molar-refractivity contribution in [1.29, 1.82) is 0 Å². The van der Waals surface area contributed by atoms with Crippen LogP contribution >= 0.6 is 0 Å². The molecular weight excluding hydrogens is 394 g/mol. The van der Waals surface area contributed by atoms with Crippen LogP contribution in [0.4, 0.5) is 5.69 Å². The molecule has 6 rings (SSSR count). The molecule has 2 aliphatic rings. The predicted octanol–water partition coefficient (Wildman–Crippen LogP) is 6.12. The lowest BCUT2D eigenvalue weighted by atomic mass is 10.0. The molecule has 1 aromatic carbocycles. The van der Waals surface area contributed by atoms with E-state index >= 15 is 0 Å². The molecule has 4 aromatic rings. The number of hydrogen-bond donors (Lipinski definition) is 3. The first kappa shape index (κ1) is 18.4. The molecule has 0 saturated heterocycles. The number of aromatic nitrogens is 4. The zero-order valence-electron chi connectivity index (χ0n) is 17.6. The zero-order valence-corrected chi connectivity index (χ0v) is 17.6. The van der Waals surface area contributed by atoms with Crippen LogP contribution in [0.2, 0.25) is 0 Å². The van der Waals surface area contributed by atoms with E-state index in [9.17, 15) is 0 Å². The van der Waals surface area contributed by atoms with Gasteiger partial charge in [-0.2, -0.15) is 0 Å². The van der Waals surface area contributed by atoms with Crippen molar-refractivity contribution in [2.24, 2.45) is 0 Å². The quantitative estimate of drug-likeness (QED) is 0.319. The van der Waals surface area contributed by atoms with Crippen molar-refractivity contribution < 1.29 is 0 Å². The van der Waals surface area contributed by atoms with Crippen LogP contribution in [-0.4, -0.2) is 27.0 Å². The third-order valence-electron chi connectivity index (χ3n) is 5.65. The highest BCUT2D eigenvalue weighted by Crippen LogP contribution is 2.29. The molecule has 5 heterocycles. The van der Waals surface area contributed by atoms with E-state index in [0.717, 1.165) is 61.7 Å². The molecule has 3 N–H and O–H groups in total. The van der Waals surface area contributed by atoms with E-state index in [1.54, 1.807) is 0 Å². The maximum absolute atomic E-state index is 4.94. The van der Waals surface area contributed by atoms with Crippen LogP contribution in [0.3, 0.4) is 0 Å². The van der Waals surface area contributed by atoms with Gasteiger partial charge in [-0.1, -0.05) is 12.1 Å². The van der Waals surface area contributed by atoms with E-state index in [4.69, 9.17) is 9.97 Å². The molecule has 0 fully saturated rings. The molecular formula is C27H21N5. The second-order valence-corrected chi connectivity index (χ2v) is 7.92. The van der Waals surface area contributed by atoms with E-state index in [1.165, 1.54) is 0 Å². The Morgan fingerprint density at radius 2 is 1.19 bits per heavy atom. The Labute approximate surface area is 185 Å². The topological polar surface area (TPSA) is 69.4 Å². The lowest BCUT2D eigenvalue weighted by molar-refractivity contribution is 1.30. The summed E-state index contributed by atoms with van der Waals surface area (Å²) in [5.74, 6) is 0. The summed E-state index contributed by atoms with van der Waals surface area (Å²) in [5.41, 5.74) is 11.0. The van der Waals surface area contributed by atoms with Crippen LogP contribution < -0.4 is 5.32 Å². The molecule has 2 aliphatic heterocycles. The number of H-pyrrole nitrogens is 2. The van der Waals surface area contributed by atoms with Crippen LogP contribution in [0.1, 0.15) is 28.3 Å². The van der Waals surface area contributed by atoms with Gasteiger partial charge in [0.1, 0.15) is 0 Å². The Balaban J connectivity index is 1.60. The van der Waals surface area contributed by atoms with Gasteiger partial charge < -0.3 is 15.3 Å². The maximum atomic E-state index is 4.94. The molecule has 32 heavy (non-hydrogen) atoms. The molecule has 3 aromatic heterocycles. The standard InChI is InChI=1S/C27H21N5/c1-28-18-4-2-17(3-5-18)26-15-25-14-23-9-8-21(30-23)12-19-6-7-20(29-19)13-22-10-11-24(31-22)16-27(26)32-25/h2-16,28,30-31H,1H3. The minimum absolute atomic E-state index is 0.913. The summed E-state index contributed by atoms with van der Waals surface area (Å²) < 4.78 is 0. The first-order valence-electron chi connectivity index (χ1n) is 10.6. The molecule has 0 atom stereocenters. The highest BCUT2D eigenvalue weighted by atomic mass is 14.8. The summed E-state index contributed by atoms with van der Waals surface area (Å²) in [4.78, 5) is 16.5. The number of aromatic amines is 2. The lowest BCUT2D eigenvalue weighted by Crippen LogP contribution is -1.89.